The summed E-state index contributed by atoms with van der Waals surface area (Å²) in [6.07, 6.45) is 2.60. The van der Waals surface area contributed by atoms with Crippen LogP contribution in [0.2, 0.25) is 0 Å². The minimum Gasteiger partial charge on any atom is -0.442 e. The number of aliphatic imine (C=N–C) groups is 2. The monoisotopic (exact) mass is 474 g/mol. The molecule has 0 aromatic carbocycles. The molecule has 0 spiro atoms. The first-order valence-corrected chi connectivity index (χ1v) is 10.2. The Morgan fingerprint density at radius 1 is 1.25 bits per heavy atom. The molecule has 32 heavy (non-hydrogen) atoms. The summed E-state index contributed by atoms with van der Waals surface area (Å²) in [6.45, 7) is 11.6. The molecule has 1 aromatic heterocycles. The van der Waals surface area contributed by atoms with Crippen LogP contribution in [-0.2, 0) is 4.74 Å². The van der Waals surface area contributed by atoms with Crippen molar-refractivity contribution in [2.45, 2.75) is 46.6 Å². The molecular weight excluding hydrogens is 439 g/mol. The van der Waals surface area contributed by atoms with E-state index in [-0.39, 0.29) is 24.5 Å². The molecule has 0 radical (unpaired) electrons. The number of aromatic nitrogens is 1. The van der Waals surface area contributed by atoms with Crippen LogP contribution in [0.4, 0.5) is 9.18 Å². The third kappa shape index (κ3) is 15.3. The zero-order valence-corrected chi connectivity index (χ0v) is 20.8. The van der Waals surface area contributed by atoms with Gasteiger partial charge >= 0.3 is 6.09 Å². The molecule has 0 aliphatic rings. The fourth-order valence-corrected chi connectivity index (χ4v) is 1.95. The number of amides is 2. The van der Waals surface area contributed by atoms with Crippen molar-refractivity contribution in [3.8, 4) is 0 Å². The van der Waals surface area contributed by atoms with Gasteiger partial charge in [0.25, 0.3) is 5.91 Å². The highest BCUT2D eigenvalue weighted by molar-refractivity contribution is 5.95. The quantitative estimate of drug-likeness (QED) is 0.369. The van der Waals surface area contributed by atoms with Crippen LogP contribution in [-0.4, -0.2) is 78.8 Å². The number of pyridine rings is 1. The molecule has 0 fully saturated rings. The van der Waals surface area contributed by atoms with E-state index < -0.39 is 23.4 Å². The Hall–Kier alpha value is -2.55. The second kappa shape index (κ2) is 17.1. The van der Waals surface area contributed by atoms with E-state index in [1.54, 1.807) is 27.7 Å². The topological polar surface area (TPSA) is 99.5 Å². The van der Waals surface area contributed by atoms with Crippen molar-refractivity contribution in [3.05, 3.63) is 29.8 Å². The van der Waals surface area contributed by atoms with Gasteiger partial charge in [-0.25, -0.2) is 24.2 Å². The summed E-state index contributed by atoms with van der Waals surface area (Å²) in [5, 5.41) is 0.980. The lowest BCUT2D eigenvalue weighted by atomic mass is 10.2. The fraction of sp³-hybridized carbons (Fsp3) is 0.619. The molecule has 0 unspecified atom stereocenters. The van der Waals surface area contributed by atoms with Crippen molar-refractivity contribution < 1.29 is 18.7 Å². The molecule has 1 aromatic rings. The van der Waals surface area contributed by atoms with Gasteiger partial charge in [-0.15, -0.1) is 12.4 Å². The van der Waals surface area contributed by atoms with Gasteiger partial charge < -0.3 is 9.64 Å². The zero-order valence-electron chi connectivity index (χ0n) is 20.0. The van der Waals surface area contributed by atoms with Crippen LogP contribution in [0.15, 0.2) is 28.4 Å². The van der Waals surface area contributed by atoms with E-state index in [0.29, 0.717) is 0 Å². The van der Waals surface area contributed by atoms with Gasteiger partial charge in [0, 0.05) is 19.3 Å². The lowest BCUT2D eigenvalue weighted by Crippen LogP contribution is -2.48. The molecule has 0 saturated carbocycles. The Balaban J connectivity index is 0. The number of carbonyl (C=O) groups is 2. The van der Waals surface area contributed by atoms with Crippen LogP contribution in [0.1, 0.15) is 51.4 Å². The van der Waals surface area contributed by atoms with Gasteiger partial charge in [-0.1, -0.05) is 0 Å². The summed E-state index contributed by atoms with van der Waals surface area (Å²) in [7, 11) is 4.12. The summed E-state index contributed by atoms with van der Waals surface area (Å²) < 4.78 is 18.5. The normalized spacial score (nSPS) is 10.0. The van der Waals surface area contributed by atoms with Crippen LogP contribution < -0.4 is 5.43 Å². The van der Waals surface area contributed by atoms with Gasteiger partial charge in [0.15, 0.2) is 5.82 Å². The number of nitrogens with one attached hydrogen (secondary N) is 1. The second-order valence-corrected chi connectivity index (χ2v) is 7.63. The summed E-state index contributed by atoms with van der Waals surface area (Å²) in [4.78, 5) is 37.2. The van der Waals surface area contributed by atoms with E-state index >= 15 is 0 Å². The first-order valence-electron chi connectivity index (χ1n) is 10.2. The molecule has 9 nitrogen and oxygen atoms in total. The van der Waals surface area contributed by atoms with Crippen LogP contribution in [0.5, 0.6) is 0 Å². The number of nitrogens with zero attached hydrogens (tertiary/aromatic N) is 5. The standard InChI is InChI=1S/C13H18FN3O3.C8H17N3.ClH/c1-5-17(12(19)20-13(2,3)4)16-11(18)9-6-7-15-8-10(9)14;1-4-9-8-10-6-5-7-11(2)3;/h6-8H,5H2,1-4H3,(H,16,18);4-7H2,1-3H3;1H. The highest BCUT2D eigenvalue weighted by Crippen LogP contribution is 2.10. The predicted octanol–water partition coefficient (Wildman–Crippen LogP) is 3.68. The molecule has 0 aliphatic carbocycles. The summed E-state index contributed by atoms with van der Waals surface area (Å²) in [6, 6.07) is 3.87. The maximum absolute atomic E-state index is 13.4. The van der Waals surface area contributed by atoms with Gasteiger partial charge in [-0.3, -0.25) is 15.2 Å². The maximum Gasteiger partial charge on any atom is 0.429 e. The Morgan fingerprint density at radius 3 is 2.41 bits per heavy atom. The molecule has 0 aliphatic heterocycles. The van der Waals surface area contributed by atoms with Crippen LogP contribution in [0, 0.1) is 5.82 Å². The number of carbonyl (C=O) groups excluding carboxylic acids is 2. The smallest absolute Gasteiger partial charge is 0.429 e. The van der Waals surface area contributed by atoms with Crippen molar-refractivity contribution >= 4 is 30.4 Å². The zero-order chi connectivity index (χ0) is 23.9. The molecule has 1 rings (SSSR count). The Bertz CT molecular complexity index is 749. The summed E-state index contributed by atoms with van der Waals surface area (Å²) >= 11 is 0. The lowest BCUT2D eigenvalue weighted by Gasteiger charge is -2.26. The van der Waals surface area contributed by atoms with Crippen molar-refractivity contribution in [2.24, 2.45) is 9.98 Å². The number of ether oxygens (including phenoxy) is 1. The fourth-order valence-electron chi connectivity index (χ4n) is 1.95. The summed E-state index contributed by atoms with van der Waals surface area (Å²) in [5.74, 6) is -1.50. The van der Waals surface area contributed by atoms with E-state index in [2.05, 4.69) is 45.4 Å². The van der Waals surface area contributed by atoms with Crippen LogP contribution >= 0.6 is 12.4 Å². The number of halogens is 2. The van der Waals surface area contributed by atoms with Crippen molar-refractivity contribution in [1.29, 1.82) is 0 Å². The first-order chi connectivity index (χ1) is 14.5. The van der Waals surface area contributed by atoms with Crippen LogP contribution in [0.25, 0.3) is 0 Å². The average molecular weight is 475 g/mol. The molecule has 182 valence electrons. The Kier molecular flexibility index (Phi) is 16.9. The second-order valence-electron chi connectivity index (χ2n) is 7.63. The van der Waals surface area contributed by atoms with Gasteiger partial charge in [-0.05, 0) is 67.7 Å². The molecule has 11 heteroatoms. The predicted molar refractivity (Wildman–Crippen MR) is 126 cm³/mol. The Morgan fingerprint density at radius 2 is 1.91 bits per heavy atom. The van der Waals surface area contributed by atoms with Gasteiger partial charge in [0.05, 0.1) is 24.3 Å². The number of rotatable bonds is 7. The highest BCUT2D eigenvalue weighted by Gasteiger charge is 2.23. The Labute approximate surface area is 196 Å². The maximum atomic E-state index is 13.4. The average Bonchev–Trinajstić information content (AvgIpc) is 2.68. The number of hydrogen-bond acceptors (Lipinski definition) is 7. The SMILES string of the molecule is CCN(NC(=O)c1ccncc1F)C(=O)OC(C)(C)C.CCN=C=NCCCN(C)C.Cl. The molecule has 2 amide bonds. The highest BCUT2D eigenvalue weighted by atomic mass is 35.5. The van der Waals surface area contributed by atoms with Crippen molar-refractivity contribution in [1.82, 2.24) is 20.3 Å². The molecule has 1 heterocycles. The third-order valence-corrected chi connectivity index (χ3v) is 3.36. The molecule has 0 saturated heterocycles. The van der Waals surface area contributed by atoms with E-state index in [0.717, 1.165) is 37.3 Å². The van der Waals surface area contributed by atoms with E-state index in [1.807, 2.05) is 6.92 Å². The minimum absolute atomic E-state index is 0. The molecule has 0 bridgehead atoms. The first kappa shape index (κ1) is 31.6. The van der Waals surface area contributed by atoms with E-state index in [9.17, 15) is 14.0 Å². The van der Waals surface area contributed by atoms with Gasteiger partial charge in [-0.2, -0.15) is 0 Å². The molecule has 1 N–H and O–H groups in total. The van der Waals surface area contributed by atoms with Gasteiger partial charge in [0.2, 0.25) is 0 Å². The molecular formula is C21H36ClFN6O3. The van der Waals surface area contributed by atoms with Crippen molar-refractivity contribution in [3.63, 3.8) is 0 Å². The summed E-state index contributed by atoms with van der Waals surface area (Å²) in [5.41, 5.74) is 1.42. The third-order valence-electron chi connectivity index (χ3n) is 3.36. The van der Waals surface area contributed by atoms with Crippen LogP contribution in [0.3, 0.4) is 0 Å². The minimum atomic E-state index is -0.759. The molecule has 0 atom stereocenters. The van der Waals surface area contributed by atoms with E-state index in [4.69, 9.17) is 4.74 Å². The largest absolute Gasteiger partial charge is 0.442 e. The van der Waals surface area contributed by atoms with Crippen molar-refractivity contribution in [2.75, 3.05) is 40.3 Å². The lowest BCUT2D eigenvalue weighted by molar-refractivity contribution is 0.0145. The number of hydrazine groups is 1. The van der Waals surface area contributed by atoms with Gasteiger partial charge in [0.1, 0.15) is 5.60 Å². The number of hydrogen-bond donors (Lipinski definition) is 1. The van der Waals surface area contributed by atoms with E-state index in [1.165, 1.54) is 12.3 Å².